The van der Waals surface area contributed by atoms with Crippen molar-refractivity contribution in [2.45, 2.75) is 50.2 Å². The number of benzene rings is 1. The van der Waals surface area contributed by atoms with E-state index in [4.69, 9.17) is 5.73 Å². The highest BCUT2D eigenvalue weighted by Gasteiger charge is 2.35. The summed E-state index contributed by atoms with van der Waals surface area (Å²) in [6.07, 6.45) is -0.0420. The molecule has 1 aliphatic rings. The van der Waals surface area contributed by atoms with E-state index >= 15 is 0 Å². The summed E-state index contributed by atoms with van der Waals surface area (Å²) in [4.78, 5) is 0. The topological polar surface area (TPSA) is 26.0 Å². The Bertz CT molecular complexity index is 400. The van der Waals surface area contributed by atoms with Gasteiger partial charge in [0.05, 0.1) is 5.56 Å². The van der Waals surface area contributed by atoms with E-state index in [2.05, 4.69) is 0 Å². The molecule has 2 unspecified atom stereocenters. The lowest BCUT2D eigenvalue weighted by molar-refractivity contribution is -0.138. The average Bonchev–Trinajstić information content (AvgIpc) is 2.53. The van der Waals surface area contributed by atoms with Gasteiger partial charge in [-0.3, -0.25) is 0 Å². The van der Waals surface area contributed by atoms with Crippen molar-refractivity contribution in [2.24, 2.45) is 5.73 Å². The van der Waals surface area contributed by atoms with Gasteiger partial charge >= 0.3 is 6.18 Å². The lowest BCUT2D eigenvalue weighted by Crippen LogP contribution is -2.18. The van der Waals surface area contributed by atoms with Crippen molar-refractivity contribution in [3.05, 3.63) is 35.4 Å². The van der Waals surface area contributed by atoms with Crippen LogP contribution < -0.4 is 5.73 Å². The van der Waals surface area contributed by atoms with Crippen LogP contribution in [0, 0.1) is 0 Å². The van der Waals surface area contributed by atoms with Crippen molar-refractivity contribution >= 4 is 0 Å². The van der Waals surface area contributed by atoms with Crippen LogP contribution in [-0.4, -0.2) is 6.04 Å². The SMILES string of the molecule is NC1CCCC(c2ccccc2C(F)(F)F)CC1. The zero-order valence-corrected chi connectivity index (χ0v) is 10.2. The summed E-state index contributed by atoms with van der Waals surface area (Å²) in [7, 11) is 0. The van der Waals surface area contributed by atoms with Gasteiger partial charge in [-0.15, -0.1) is 0 Å². The second-order valence-electron chi connectivity index (χ2n) is 5.05. The number of halogens is 3. The largest absolute Gasteiger partial charge is 0.416 e. The molecule has 0 radical (unpaired) electrons. The molecule has 0 bridgehead atoms. The van der Waals surface area contributed by atoms with Gasteiger partial charge in [-0.05, 0) is 43.2 Å². The van der Waals surface area contributed by atoms with Gasteiger partial charge < -0.3 is 5.73 Å². The van der Waals surface area contributed by atoms with E-state index in [-0.39, 0.29) is 12.0 Å². The van der Waals surface area contributed by atoms with Gasteiger partial charge in [0.25, 0.3) is 0 Å². The Morgan fingerprint density at radius 3 is 2.44 bits per heavy atom. The normalized spacial score (nSPS) is 25.8. The first kappa shape index (κ1) is 13.4. The van der Waals surface area contributed by atoms with Crippen LogP contribution >= 0.6 is 0 Å². The Labute approximate surface area is 105 Å². The number of rotatable bonds is 1. The molecule has 0 spiro atoms. The van der Waals surface area contributed by atoms with Gasteiger partial charge in [0.15, 0.2) is 0 Å². The molecular weight excluding hydrogens is 239 g/mol. The highest BCUT2D eigenvalue weighted by Crippen LogP contribution is 2.39. The van der Waals surface area contributed by atoms with Crippen LogP contribution in [0.25, 0.3) is 0 Å². The Morgan fingerprint density at radius 1 is 1.00 bits per heavy atom. The molecular formula is C14H18F3N. The quantitative estimate of drug-likeness (QED) is 0.754. The van der Waals surface area contributed by atoms with Gasteiger partial charge in [0, 0.05) is 6.04 Å². The van der Waals surface area contributed by atoms with E-state index in [0.717, 1.165) is 32.1 Å². The van der Waals surface area contributed by atoms with Crippen molar-refractivity contribution in [3.63, 3.8) is 0 Å². The van der Waals surface area contributed by atoms with Crippen LogP contribution in [0.2, 0.25) is 0 Å². The maximum absolute atomic E-state index is 13.0. The number of alkyl halides is 3. The fraction of sp³-hybridized carbons (Fsp3) is 0.571. The van der Waals surface area contributed by atoms with Crippen LogP contribution in [0.15, 0.2) is 24.3 Å². The summed E-state index contributed by atoms with van der Waals surface area (Å²) < 4.78 is 38.9. The zero-order chi connectivity index (χ0) is 13.2. The molecule has 0 heterocycles. The molecule has 1 nitrogen and oxygen atoms in total. The lowest BCUT2D eigenvalue weighted by Gasteiger charge is -2.20. The molecule has 0 amide bonds. The van der Waals surface area contributed by atoms with E-state index in [1.807, 2.05) is 0 Å². The molecule has 1 aromatic rings. The van der Waals surface area contributed by atoms with Gasteiger partial charge in [0.1, 0.15) is 0 Å². The summed E-state index contributed by atoms with van der Waals surface area (Å²) in [5.74, 6) is -0.00336. The van der Waals surface area contributed by atoms with E-state index < -0.39 is 11.7 Å². The maximum Gasteiger partial charge on any atom is 0.416 e. The van der Waals surface area contributed by atoms with Crippen molar-refractivity contribution in [1.82, 2.24) is 0 Å². The minimum absolute atomic E-state index is 0.00336. The Hall–Kier alpha value is -1.03. The van der Waals surface area contributed by atoms with E-state index in [9.17, 15) is 13.2 Å². The second-order valence-corrected chi connectivity index (χ2v) is 5.05. The minimum atomic E-state index is -4.26. The summed E-state index contributed by atoms with van der Waals surface area (Å²) in [5, 5.41) is 0. The monoisotopic (exact) mass is 257 g/mol. The first-order valence-electron chi connectivity index (χ1n) is 6.40. The standard InChI is InChI=1S/C14H18F3N/c15-14(16,17)13-7-2-1-6-12(13)10-4-3-5-11(18)9-8-10/h1-2,6-7,10-11H,3-5,8-9,18H2. The van der Waals surface area contributed by atoms with E-state index in [0.29, 0.717) is 5.56 Å². The molecule has 2 N–H and O–H groups in total. The van der Waals surface area contributed by atoms with Crippen molar-refractivity contribution in [2.75, 3.05) is 0 Å². The van der Waals surface area contributed by atoms with Crippen molar-refractivity contribution in [3.8, 4) is 0 Å². The smallest absolute Gasteiger partial charge is 0.328 e. The fourth-order valence-electron chi connectivity index (χ4n) is 2.75. The Balaban J connectivity index is 2.27. The lowest BCUT2D eigenvalue weighted by atomic mass is 9.88. The average molecular weight is 257 g/mol. The van der Waals surface area contributed by atoms with Crippen LogP contribution in [0.3, 0.4) is 0 Å². The van der Waals surface area contributed by atoms with Gasteiger partial charge in [-0.25, -0.2) is 0 Å². The van der Waals surface area contributed by atoms with E-state index in [1.54, 1.807) is 12.1 Å². The molecule has 0 aliphatic heterocycles. The third-order valence-corrected chi connectivity index (χ3v) is 3.72. The molecule has 0 saturated heterocycles. The highest BCUT2D eigenvalue weighted by molar-refractivity contribution is 5.32. The zero-order valence-electron chi connectivity index (χ0n) is 10.2. The Morgan fingerprint density at radius 2 is 1.72 bits per heavy atom. The highest BCUT2D eigenvalue weighted by atomic mass is 19.4. The van der Waals surface area contributed by atoms with Crippen LogP contribution in [0.1, 0.15) is 49.1 Å². The molecule has 18 heavy (non-hydrogen) atoms. The van der Waals surface area contributed by atoms with Crippen molar-refractivity contribution < 1.29 is 13.2 Å². The first-order chi connectivity index (χ1) is 8.48. The predicted octanol–water partition coefficient (Wildman–Crippen LogP) is 4.08. The third kappa shape index (κ3) is 3.05. The Kier molecular flexibility index (Phi) is 3.95. The van der Waals surface area contributed by atoms with E-state index in [1.165, 1.54) is 12.1 Å². The second kappa shape index (κ2) is 5.31. The van der Waals surface area contributed by atoms with Gasteiger partial charge in [-0.1, -0.05) is 24.6 Å². The first-order valence-corrected chi connectivity index (χ1v) is 6.40. The molecule has 0 aromatic heterocycles. The van der Waals surface area contributed by atoms with Crippen LogP contribution in [0.4, 0.5) is 13.2 Å². The molecule has 1 aromatic carbocycles. The van der Waals surface area contributed by atoms with Gasteiger partial charge in [0.2, 0.25) is 0 Å². The van der Waals surface area contributed by atoms with Crippen molar-refractivity contribution in [1.29, 1.82) is 0 Å². The predicted molar refractivity (Wildman–Crippen MR) is 65.2 cm³/mol. The van der Waals surface area contributed by atoms with Crippen LogP contribution in [-0.2, 0) is 6.18 Å². The number of hydrogen-bond donors (Lipinski definition) is 1. The molecule has 1 aliphatic carbocycles. The molecule has 2 atom stereocenters. The minimum Gasteiger partial charge on any atom is -0.328 e. The molecule has 1 saturated carbocycles. The maximum atomic E-state index is 13.0. The molecule has 1 fully saturated rings. The summed E-state index contributed by atoms with van der Waals surface area (Å²) in [5.41, 5.74) is 5.84. The molecule has 4 heteroatoms. The molecule has 2 rings (SSSR count). The number of hydrogen-bond acceptors (Lipinski definition) is 1. The number of nitrogens with two attached hydrogens (primary N) is 1. The van der Waals surface area contributed by atoms with Gasteiger partial charge in [-0.2, -0.15) is 13.2 Å². The van der Waals surface area contributed by atoms with Crippen LogP contribution in [0.5, 0.6) is 0 Å². The summed E-state index contributed by atoms with van der Waals surface area (Å²) >= 11 is 0. The molecule has 100 valence electrons. The fourth-order valence-corrected chi connectivity index (χ4v) is 2.75. The summed E-state index contributed by atoms with van der Waals surface area (Å²) in [6.45, 7) is 0. The summed E-state index contributed by atoms with van der Waals surface area (Å²) in [6, 6.07) is 6.09. The third-order valence-electron chi connectivity index (χ3n) is 3.72.